The van der Waals surface area contributed by atoms with Crippen LogP contribution in [0, 0.1) is 0 Å². The number of benzene rings is 3. The first-order valence-corrected chi connectivity index (χ1v) is 17.6. The zero-order valence-corrected chi connectivity index (χ0v) is 26.9. The molecule has 1 saturated heterocycles. The number of allylic oxidation sites excluding steroid dienone is 11. The van der Waals surface area contributed by atoms with E-state index in [9.17, 15) is 0 Å². The fourth-order valence-electron chi connectivity index (χ4n) is 8.42. The maximum Gasteiger partial charge on any atom is 0.123 e. The topological polar surface area (TPSA) is 45.3 Å². The first-order valence-electron chi connectivity index (χ1n) is 17.6. The molecule has 3 N–H and O–H groups in total. The maximum atomic E-state index is 6.50. The molecule has 3 aromatic rings. The molecular formula is C43H43N3O. The van der Waals surface area contributed by atoms with E-state index < -0.39 is 0 Å². The normalized spacial score (nSPS) is 29.4. The zero-order valence-electron chi connectivity index (χ0n) is 26.9. The molecule has 0 aromatic heterocycles. The Morgan fingerprint density at radius 3 is 2.36 bits per heavy atom. The Morgan fingerprint density at radius 2 is 1.47 bits per heavy atom. The summed E-state index contributed by atoms with van der Waals surface area (Å²) in [5.74, 6) is 1.93. The van der Waals surface area contributed by atoms with E-state index in [1.54, 1.807) is 0 Å². The first-order chi connectivity index (χ1) is 23.2. The van der Waals surface area contributed by atoms with Crippen molar-refractivity contribution in [3.05, 3.63) is 166 Å². The van der Waals surface area contributed by atoms with Gasteiger partial charge in [-0.3, -0.25) is 16.0 Å². The fourth-order valence-corrected chi connectivity index (χ4v) is 8.42. The van der Waals surface area contributed by atoms with E-state index in [2.05, 4.69) is 137 Å². The van der Waals surface area contributed by atoms with E-state index in [0.717, 1.165) is 37.9 Å². The second kappa shape index (κ2) is 12.4. The second-order valence-electron chi connectivity index (χ2n) is 13.9. The summed E-state index contributed by atoms with van der Waals surface area (Å²) >= 11 is 0. The predicted molar refractivity (Wildman–Crippen MR) is 191 cm³/mol. The zero-order chi connectivity index (χ0) is 31.2. The fraction of sp³-hybridized carbons (Fsp3) is 0.302. The average molecular weight is 618 g/mol. The number of nitrogens with one attached hydrogen (secondary N) is 3. The standard InChI is InChI=1S/C43H43N3O/c1-2-9-28(10-3-1)33-13-8-14-35(26-33)42-44-41(31-20-17-30(18-21-31)34-22-19-29-11-4-5-12-32(29)25-34)45-43(46-42)36-23-24-38-37-15-6-7-16-39(37)47-40(38)27-36/h2,5-10,12-23,26,34,38,40-46H,1,3-4,11,24-25,27H2. The van der Waals surface area contributed by atoms with Crippen LogP contribution in [0.2, 0.25) is 0 Å². The molecular weight excluding hydrogens is 574 g/mol. The van der Waals surface area contributed by atoms with Crippen LogP contribution in [0.1, 0.15) is 96.9 Å². The molecule has 4 nitrogen and oxygen atoms in total. The summed E-state index contributed by atoms with van der Waals surface area (Å²) in [6.07, 6.45) is 26.6. The smallest absolute Gasteiger partial charge is 0.123 e. The number of ether oxygens (including phenoxy) is 1. The predicted octanol–water partition coefficient (Wildman–Crippen LogP) is 9.18. The van der Waals surface area contributed by atoms with Gasteiger partial charge in [-0.2, -0.15) is 0 Å². The van der Waals surface area contributed by atoms with Crippen LogP contribution < -0.4 is 20.7 Å². The monoisotopic (exact) mass is 617 g/mol. The van der Waals surface area contributed by atoms with Crippen LogP contribution in [-0.2, 0) is 0 Å². The Labute approximate surface area is 278 Å². The van der Waals surface area contributed by atoms with Gasteiger partial charge in [0.2, 0.25) is 0 Å². The Bertz CT molecular complexity index is 1860. The molecule has 3 aromatic carbocycles. The molecule has 4 heteroatoms. The van der Waals surface area contributed by atoms with Crippen molar-refractivity contribution in [2.45, 2.75) is 81.4 Å². The van der Waals surface area contributed by atoms with E-state index in [0.29, 0.717) is 11.8 Å². The molecule has 0 amide bonds. The summed E-state index contributed by atoms with van der Waals surface area (Å²) in [6.45, 7) is 0. The van der Waals surface area contributed by atoms with Crippen molar-refractivity contribution in [3.8, 4) is 5.75 Å². The molecule has 0 saturated carbocycles. The Balaban J connectivity index is 0.989. The lowest BCUT2D eigenvalue weighted by molar-refractivity contribution is 0.175. The minimum Gasteiger partial charge on any atom is -0.489 e. The van der Waals surface area contributed by atoms with Gasteiger partial charge < -0.3 is 4.74 Å². The molecule has 0 radical (unpaired) electrons. The highest BCUT2D eigenvalue weighted by Crippen LogP contribution is 2.45. The van der Waals surface area contributed by atoms with E-state index >= 15 is 0 Å². The van der Waals surface area contributed by atoms with Crippen molar-refractivity contribution >= 4 is 5.57 Å². The van der Waals surface area contributed by atoms with Gasteiger partial charge >= 0.3 is 0 Å². The molecule has 0 bridgehead atoms. The molecule has 2 aliphatic heterocycles. The Morgan fingerprint density at radius 1 is 0.638 bits per heavy atom. The molecule has 6 unspecified atom stereocenters. The van der Waals surface area contributed by atoms with E-state index in [4.69, 9.17) is 4.74 Å². The molecule has 6 atom stereocenters. The number of rotatable bonds is 5. The van der Waals surface area contributed by atoms with Gasteiger partial charge in [0, 0.05) is 23.8 Å². The maximum absolute atomic E-state index is 6.50. The largest absolute Gasteiger partial charge is 0.489 e. The summed E-state index contributed by atoms with van der Waals surface area (Å²) in [5, 5.41) is 11.8. The lowest BCUT2D eigenvalue weighted by Gasteiger charge is -2.42. The van der Waals surface area contributed by atoms with Crippen molar-refractivity contribution in [3.63, 3.8) is 0 Å². The summed E-state index contributed by atoms with van der Waals surface area (Å²) in [6, 6.07) is 27.0. The van der Waals surface area contributed by atoms with E-state index in [1.165, 1.54) is 63.0 Å². The van der Waals surface area contributed by atoms with Gasteiger partial charge in [-0.1, -0.05) is 109 Å². The highest BCUT2D eigenvalue weighted by Gasteiger charge is 2.39. The summed E-state index contributed by atoms with van der Waals surface area (Å²) in [4.78, 5) is 0. The van der Waals surface area contributed by atoms with Gasteiger partial charge in [0.25, 0.3) is 0 Å². The van der Waals surface area contributed by atoms with E-state index in [1.807, 2.05) is 0 Å². The van der Waals surface area contributed by atoms with Crippen molar-refractivity contribution in [1.82, 2.24) is 16.0 Å². The van der Waals surface area contributed by atoms with Crippen LogP contribution in [0.3, 0.4) is 0 Å². The average Bonchev–Trinajstić information content (AvgIpc) is 3.53. The molecule has 9 rings (SSSR count). The second-order valence-corrected chi connectivity index (χ2v) is 13.9. The molecule has 1 fully saturated rings. The molecule has 236 valence electrons. The number of para-hydroxylation sites is 1. The highest BCUT2D eigenvalue weighted by atomic mass is 16.5. The van der Waals surface area contributed by atoms with E-state index in [-0.39, 0.29) is 24.6 Å². The third-order valence-corrected chi connectivity index (χ3v) is 11.0. The molecule has 4 aliphatic carbocycles. The molecule has 0 spiro atoms. The summed E-state index contributed by atoms with van der Waals surface area (Å²) < 4.78 is 6.50. The van der Waals surface area contributed by atoms with Crippen LogP contribution in [-0.4, -0.2) is 12.3 Å². The Hall–Kier alpha value is -4.22. The van der Waals surface area contributed by atoms with Crippen LogP contribution in [0.5, 0.6) is 5.75 Å². The van der Waals surface area contributed by atoms with Crippen LogP contribution in [0.4, 0.5) is 0 Å². The Kier molecular flexibility index (Phi) is 7.66. The lowest BCUT2D eigenvalue weighted by Crippen LogP contribution is -2.60. The summed E-state index contributed by atoms with van der Waals surface area (Å²) in [5.41, 5.74) is 12.3. The molecule has 47 heavy (non-hydrogen) atoms. The number of fused-ring (bicyclic) bond motifs is 3. The van der Waals surface area contributed by atoms with Gasteiger partial charge in [0.1, 0.15) is 11.9 Å². The van der Waals surface area contributed by atoms with Gasteiger partial charge in [0.15, 0.2) is 0 Å². The molecule has 2 heterocycles. The van der Waals surface area contributed by atoms with Crippen molar-refractivity contribution < 1.29 is 4.74 Å². The minimum absolute atomic E-state index is 0.00412. The quantitative estimate of drug-likeness (QED) is 0.250. The van der Waals surface area contributed by atoms with Crippen LogP contribution in [0.25, 0.3) is 5.57 Å². The third kappa shape index (κ3) is 5.69. The SMILES string of the molecule is C1=CC(c2cccc(C3NC(C4=CCC5c6ccccc6OC5C4)NC(c4ccc(C5C=CC6=C(C=CCC6)C5)cc4)N3)c2)=CCC1. The number of hydrogen-bond donors (Lipinski definition) is 3. The summed E-state index contributed by atoms with van der Waals surface area (Å²) in [7, 11) is 0. The lowest BCUT2D eigenvalue weighted by atomic mass is 9.81. The van der Waals surface area contributed by atoms with Gasteiger partial charge in [-0.05, 0) is 95.2 Å². The van der Waals surface area contributed by atoms with Crippen LogP contribution >= 0.6 is 0 Å². The third-order valence-electron chi connectivity index (χ3n) is 11.0. The molecule has 6 aliphatic rings. The van der Waals surface area contributed by atoms with Crippen molar-refractivity contribution in [1.29, 1.82) is 0 Å². The number of hydrogen-bond acceptors (Lipinski definition) is 4. The van der Waals surface area contributed by atoms with Crippen molar-refractivity contribution in [2.75, 3.05) is 0 Å². The van der Waals surface area contributed by atoms with Crippen molar-refractivity contribution in [2.24, 2.45) is 0 Å². The van der Waals surface area contributed by atoms with Gasteiger partial charge in [-0.15, -0.1) is 0 Å². The van der Waals surface area contributed by atoms with Gasteiger partial charge in [0.05, 0.1) is 18.5 Å². The van der Waals surface area contributed by atoms with Gasteiger partial charge in [-0.25, -0.2) is 0 Å². The highest BCUT2D eigenvalue weighted by molar-refractivity contribution is 5.75. The minimum atomic E-state index is -0.0101. The van der Waals surface area contributed by atoms with Crippen LogP contribution in [0.15, 0.2) is 138 Å². The first kappa shape index (κ1) is 29.0.